The van der Waals surface area contributed by atoms with E-state index in [-0.39, 0.29) is 12.3 Å². The van der Waals surface area contributed by atoms with Gasteiger partial charge in [-0.25, -0.2) is 0 Å². The molecule has 5 nitrogen and oxygen atoms in total. The quantitative estimate of drug-likeness (QED) is 0.604. The highest BCUT2D eigenvalue weighted by molar-refractivity contribution is 9.10. The van der Waals surface area contributed by atoms with E-state index in [9.17, 15) is 10.1 Å². The third kappa shape index (κ3) is 3.95. The molecule has 0 saturated heterocycles. The molecule has 2 aromatic carbocycles. The van der Waals surface area contributed by atoms with Crippen LogP contribution in [-0.2, 0) is 6.61 Å². The Bertz CT molecular complexity index is 659. The van der Waals surface area contributed by atoms with Gasteiger partial charge in [0.15, 0.2) is 0 Å². The molecule has 0 saturated carbocycles. The van der Waals surface area contributed by atoms with Gasteiger partial charge in [0.05, 0.1) is 9.40 Å². The third-order valence-corrected chi connectivity index (χ3v) is 3.62. The van der Waals surface area contributed by atoms with E-state index in [0.29, 0.717) is 4.47 Å². The predicted octanol–water partition coefficient (Wildman–Crippen LogP) is 4.00. The molecule has 0 atom stereocenters. The lowest BCUT2D eigenvalue weighted by Crippen LogP contribution is -2.08. The Morgan fingerprint density at radius 3 is 2.67 bits per heavy atom. The SMILES string of the molecule is CN(C)c1cccc(OCc2ccc(Br)c([N+](=O)[O-])c2)c1. The van der Waals surface area contributed by atoms with Crippen LogP contribution in [0, 0.1) is 10.1 Å². The number of benzene rings is 2. The summed E-state index contributed by atoms with van der Waals surface area (Å²) in [4.78, 5) is 12.5. The Balaban J connectivity index is 2.11. The minimum Gasteiger partial charge on any atom is -0.489 e. The Labute approximate surface area is 131 Å². The van der Waals surface area contributed by atoms with E-state index in [1.54, 1.807) is 12.1 Å². The number of nitro groups is 1. The average Bonchev–Trinajstić information content (AvgIpc) is 2.46. The first kappa shape index (κ1) is 15.3. The lowest BCUT2D eigenvalue weighted by atomic mass is 10.2. The lowest BCUT2D eigenvalue weighted by Gasteiger charge is -2.14. The number of rotatable bonds is 5. The predicted molar refractivity (Wildman–Crippen MR) is 85.9 cm³/mol. The summed E-state index contributed by atoms with van der Waals surface area (Å²) in [7, 11) is 3.91. The molecule has 0 fully saturated rings. The first-order chi connectivity index (χ1) is 9.97. The minimum absolute atomic E-state index is 0.0399. The molecule has 0 spiro atoms. The van der Waals surface area contributed by atoms with Crippen LogP contribution >= 0.6 is 15.9 Å². The molecule has 0 heterocycles. The molecule has 0 radical (unpaired) electrons. The van der Waals surface area contributed by atoms with Crippen molar-refractivity contribution < 1.29 is 9.66 Å². The molecule has 0 amide bonds. The molecule has 6 heteroatoms. The number of anilines is 1. The number of hydrogen-bond acceptors (Lipinski definition) is 4. The fourth-order valence-corrected chi connectivity index (χ4v) is 2.20. The van der Waals surface area contributed by atoms with Gasteiger partial charge in [-0.05, 0) is 39.7 Å². The number of hydrogen-bond donors (Lipinski definition) is 0. The number of ether oxygens (including phenoxy) is 1. The van der Waals surface area contributed by atoms with Gasteiger partial charge in [0, 0.05) is 31.9 Å². The molecule has 110 valence electrons. The summed E-state index contributed by atoms with van der Waals surface area (Å²) < 4.78 is 6.16. The zero-order chi connectivity index (χ0) is 15.4. The van der Waals surface area contributed by atoms with Gasteiger partial charge in [0.1, 0.15) is 12.4 Å². The van der Waals surface area contributed by atoms with Crippen molar-refractivity contribution in [2.45, 2.75) is 6.61 Å². The van der Waals surface area contributed by atoms with Crippen LogP contribution in [-0.4, -0.2) is 19.0 Å². The molecule has 2 rings (SSSR count). The van der Waals surface area contributed by atoms with Crippen molar-refractivity contribution in [3.05, 3.63) is 62.6 Å². The van der Waals surface area contributed by atoms with E-state index in [0.717, 1.165) is 17.0 Å². The van der Waals surface area contributed by atoms with Crippen molar-refractivity contribution in [2.24, 2.45) is 0 Å². The van der Waals surface area contributed by atoms with Crippen molar-refractivity contribution in [1.29, 1.82) is 0 Å². The molecule has 0 aliphatic carbocycles. The number of nitro benzene ring substituents is 1. The summed E-state index contributed by atoms with van der Waals surface area (Å²) in [6.45, 7) is 0.283. The summed E-state index contributed by atoms with van der Waals surface area (Å²) in [6.07, 6.45) is 0. The maximum Gasteiger partial charge on any atom is 0.283 e. The Morgan fingerprint density at radius 2 is 2.00 bits per heavy atom. The van der Waals surface area contributed by atoms with Gasteiger partial charge in [-0.1, -0.05) is 12.1 Å². The van der Waals surface area contributed by atoms with E-state index in [1.807, 2.05) is 43.3 Å². The highest BCUT2D eigenvalue weighted by atomic mass is 79.9. The number of halogens is 1. The van der Waals surface area contributed by atoms with Crippen molar-refractivity contribution in [3.8, 4) is 5.75 Å². The van der Waals surface area contributed by atoms with Gasteiger partial charge in [-0.3, -0.25) is 10.1 Å². The van der Waals surface area contributed by atoms with Crippen molar-refractivity contribution in [1.82, 2.24) is 0 Å². The molecule has 21 heavy (non-hydrogen) atoms. The molecular formula is C15H15BrN2O3. The van der Waals surface area contributed by atoms with E-state index in [1.165, 1.54) is 6.07 Å². The molecule has 2 aromatic rings. The maximum atomic E-state index is 10.9. The number of nitrogens with zero attached hydrogens (tertiary/aromatic N) is 2. The van der Waals surface area contributed by atoms with Gasteiger partial charge in [-0.15, -0.1) is 0 Å². The van der Waals surface area contributed by atoms with Crippen molar-refractivity contribution in [2.75, 3.05) is 19.0 Å². The minimum atomic E-state index is -0.416. The smallest absolute Gasteiger partial charge is 0.283 e. The summed E-state index contributed by atoms with van der Waals surface area (Å²) >= 11 is 3.16. The van der Waals surface area contributed by atoms with Crippen LogP contribution in [0.1, 0.15) is 5.56 Å². The topological polar surface area (TPSA) is 55.6 Å². The van der Waals surface area contributed by atoms with Gasteiger partial charge in [0.25, 0.3) is 5.69 Å². The maximum absolute atomic E-state index is 10.9. The highest BCUT2D eigenvalue weighted by Gasteiger charge is 2.12. The fourth-order valence-electron chi connectivity index (χ4n) is 1.81. The van der Waals surface area contributed by atoms with E-state index >= 15 is 0 Å². The van der Waals surface area contributed by atoms with Gasteiger partial charge >= 0.3 is 0 Å². The second-order valence-electron chi connectivity index (χ2n) is 4.72. The van der Waals surface area contributed by atoms with Crippen LogP contribution < -0.4 is 9.64 Å². The summed E-state index contributed by atoms with van der Waals surface area (Å²) in [6, 6.07) is 12.7. The van der Waals surface area contributed by atoms with Crippen LogP contribution in [0.25, 0.3) is 0 Å². The van der Waals surface area contributed by atoms with Gasteiger partial charge < -0.3 is 9.64 Å². The Kier molecular flexibility index (Phi) is 4.80. The fraction of sp³-hybridized carbons (Fsp3) is 0.200. The van der Waals surface area contributed by atoms with E-state index < -0.39 is 4.92 Å². The Morgan fingerprint density at radius 1 is 1.24 bits per heavy atom. The van der Waals surface area contributed by atoms with Gasteiger partial charge in [-0.2, -0.15) is 0 Å². The standard InChI is InChI=1S/C15H15BrN2O3/c1-17(2)12-4-3-5-13(9-12)21-10-11-6-7-14(16)15(8-11)18(19)20/h3-9H,10H2,1-2H3. The molecule has 0 aliphatic rings. The first-order valence-corrected chi connectivity index (χ1v) is 7.09. The largest absolute Gasteiger partial charge is 0.489 e. The highest BCUT2D eigenvalue weighted by Crippen LogP contribution is 2.26. The van der Waals surface area contributed by atoms with Crippen LogP contribution in [0.2, 0.25) is 0 Å². The summed E-state index contributed by atoms with van der Waals surface area (Å²) in [5, 5.41) is 10.9. The van der Waals surface area contributed by atoms with Crippen LogP contribution in [0.5, 0.6) is 5.75 Å². The molecule has 0 unspecified atom stereocenters. The molecule has 0 bridgehead atoms. The third-order valence-electron chi connectivity index (χ3n) is 2.95. The lowest BCUT2D eigenvalue weighted by molar-refractivity contribution is -0.385. The normalized spacial score (nSPS) is 10.2. The monoisotopic (exact) mass is 350 g/mol. The second-order valence-corrected chi connectivity index (χ2v) is 5.58. The van der Waals surface area contributed by atoms with Crippen molar-refractivity contribution in [3.63, 3.8) is 0 Å². The Hall–Kier alpha value is -2.08. The van der Waals surface area contributed by atoms with Crippen molar-refractivity contribution >= 4 is 27.3 Å². The molecule has 0 N–H and O–H groups in total. The van der Waals surface area contributed by atoms with Crippen LogP contribution in [0.4, 0.5) is 11.4 Å². The first-order valence-electron chi connectivity index (χ1n) is 6.30. The summed E-state index contributed by atoms with van der Waals surface area (Å²) in [5.74, 6) is 0.728. The summed E-state index contributed by atoms with van der Waals surface area (Å²) in [5.41, 5.74) is 1.83. The second kappa shape index (κ2) is 6.58. The average molecular weight is 351 g/mol. The molecular weight excluding hydrogens is 336 g/mol. The van der Waals surface area contributed by atoms with Gasteiger partial charge in [0.2, 0.25) is 0 Å². The molecule has 0 aromatic heterocycles. The van der Waals surface area contributed by atoms with Crippen LogP contribution in [0.3, 0.4) is 0 Å². The molecule has 0 aliphatic heterocycles. The van der Waals surface area contributed by atoms with Crippen LogP contribution in [0.15, 0.2) is 46.9 Å². The van der Waals surface area contributed by atoms with E-state index in [4.69, 9.17) is 4.74 Å². The van der Waals surface area contributed by atoms with E-state index in [2.05, 4.69) is 15.9 Å². The zero-order valence-corrected chi connectivity index (χ0v) is 13.3. The zero-order valence-electron chi connectivity index (χ0n) is 11.7.